The van der Waals surface area contributed by atoms with Crippen molar-refractivity contribution in [2.24, 2.45) is 29.6 Å². The summed E-state index contributed by atoms with van der Waals surface area (Å²) in [5.41, 5.74) is 0. The van der Waals surface area contributed by atoms with Gasteiger partial charge < -0.3 is 10.4 Å². The zero-order chi connectivity index (χ0) is 13.7. The highest BCUT2D eigenvalue weighted by Gasteiger charge is 2.51. The SMILES string of the molecule is O=C(N[C@@H]1CCCC[C@H]1O)C1C2CC3CC(C2)CC1C3. The molecule has 3 heteroatoms. The number of hydrogen-bond acceptors (Lipinski definition) is 2. The molecule has 112 valence electrons. The third-order valence-corrected chi connectivity index (χ3v) is 6.59. The second kappa shape index (κ2) is 5.01. The number of carbonyl (C=O) groups excluding carboxylic acids is 1. The maximum atomic E-state index is 12.7. The monoisotopic (exact) mass is 277 g/mol. The van der Waals surface area contributed by atoms with E-state index < -0.39 is 0 Å². The molecule has 0 radical (unpaired) electrons. The van der Waals surface area contributed by atoms with Crippen molar-refractivity contribution in [1.29, 1.82) is 0 Å². The van der Waals surface area contributed by atoms with Crippen LogP contribution in [-0.4, -0.2) is 23.2 Å². The van der Waals surface area contributed by atoms with Gasteiger partial charge in [-0.1, -0.05) is 12.8 Å². The Bertz CT molecular complexity index is 366. The molecule has 0 aliphatic heterocycles. The van der Waals surface area contributed by atoms with Crippen molar-refractivity contribution in [2.45, 2.75) is 69.9 Å². The van der Waals surface area contributed by atoms with Crippen LogP contribution in [-0.2, 0) is 4.79 Å². The van der Waals surface area contributed by atoms with E-state index in [1.54, 1.807) is 0 Å². The van der Waals surface area contributed by atoms with Crippen LogP contribution in [0.3, 0.4) is 0 Å². The Kier molecular flexibility index (Phi) is 3.29. The van der Waals surface area contributed by atoms with Gasteiger partial charge in [0.2, 0.25) is 5.91 Å². The van der Waals surface area contributed by atoms with E-state index in [-0.39, 0.29) is 24.0 Å². The predicted octanol–water partition coefficient (Wildman–Crippen LogP) is 2.48. The third kappa shape index (κ3) is 2.18. The molecule has 0 spiro atoms. The zero-order valence-electron chi connectivity index (χ0n) is 12.3. The van der Waals surface area contributed by atoms with Gasteiger partial charge in [-0.15, -0.1) is 0 Å². The molecule has 0 heterocycles. The molecular weight excluding hydrogens is 250 g/mol. The van der Waals surface area contributed by atoms with Gasteiger partial charge >= 0.3 is 0 Å². The Morgan fingerprint density at radius 1 is 0.900 bits per heavy atom. The van der Waals surface area contributed by atoms with Crippen molar-refractivity contribution >= 4 is 5.91 Å². The van der Waals surface area contributed by atoms with Crippen LogP contribution >= 0.6 is 0 Å². The highest BCUT2D eigenvalue weighted by Crippen LogP contribution is 2.56. The molecule has 5 aliphatic carbocycles. The number of aliphatic hydroxyl groups excluding tert-OH is 1. The molecule has 20 heavy (non-hydrogen) atoms. The van der Waals surface area contributed by atoms with Gasteiger partial charge in [-0.2, -0.15) is 0 Å². The zero-order valence-corrected chi connectivity index (χ0v) is 12.3. The Balaban J connectivity index is 1.43. The second-order valence-corrected chi connectivity index (χ2v) is 7.92. The fourth-order valence-electron chi connectivity index (χ4n) is 5.91. The van der Waals surface area contributed by atoms with E-state index in [9.17, 15) is 9.90 Å². The highest BCUT2D eigenvalue weighted by molar-refractivity contribution is 5.80. The Morgan fingerprint density at radius 3 is 2.10 bits per heavy atom. The van der Waals surface area contributed by atoms with Gasteiger partial charge in [-0.25, -0.2) is 0 Å². The fourth-order valence-corrected chi connectivity index (χ4v) is 5.91. The smallest absolute Gasteiger partial charge is 0.223 e. The van der Waals surface area contributed by atoms with Crippen LogP contribution < -0.4 is 5.32 Å². The van der Waals surface area contributed by atoms with Crippen molar-refractivity contribution in [3.8, 4) is 0 Å². The largest absolute Gasteiger partial charge is 0.391 e. The van der Waals surface area contributed by atoms with Gasteiger partial charge in [0.25, 0.3) is 0 Å². The van der Waals surface area contributed by atoms with Gasteiger partial charge in [-0.3, -0.25) is 4.79 Å². The standard InChI is InChI=1S/C17H27NO2/c19-15-4-2-1-3-14(15)18-17(20)16-12-6-10-5-11(8-12)9-13(16)7-10/h10-16,19H,1-9H2,(H,18,20)/t10?,11?,12?,13?,14-,15-,16?/m1/s1. The van der Waals surface area contributed by atoms with Crippen LogP contribution in [0.1, 0.15) is 57.8 Å². The minimum Gasteiger partial charge on any atom is -0.391 e. The van der Waals surface area contributed by atoms with Crippen LogP contribution in [0.5, 0.6) is 0 Å². The van der Waals surface area contributed by atoms with Crippen LogP contribution in [0.15, 0.2) is 0 Å². The van der Waals surface area contributed by atoms with E-state index in [2.05, 4.69) is 5.32 Å². The average molecular weight is 277 g/mol. The molecule has 3 nitrogen and oxygen atoms in total. The third-order valence-electron chi connectivity index (χ3n) is 6.59. The van der Waals surface area contributed by atoms with Crippen LogP contribution in [0, 0.1) is 29.6 Å². The minimum absolute atomic E-state index is 0.0217. The van der Waals surface area contributed by atoms with Crippen molar-refractivity contribution < 1.29 is 9.90 Å². The molecule has 4 bridgehead atoms. The molecule has 0 saturated heterocycles. The molecule has 1 amide bonds. The lowest BCUT2D eigenvalue weighted by molar-refractivity contribution is -0.140. The van der Waals surface area contributed by atoms with E-state index in [1.165, 1.54) is 32.1 Å². The van der Waals surface area contributed by atoms with Crippen LogP contribution in [0.2, 0.25) is 0 Å². The summed E-state index contributed by atoms with van der Waals surface area (Å²) in [4.78, 5) is 12.7. The van der Waals surface area contributed by atoms with Crippen LogP contribution in [0.4, 0.5) is 0 Å². The van der Waals surface area contributed by atoms with Gasteiger partial charge in [0.15, 0.2) is 0 Å². The summed E-state index contributed by atoms with van der Waals surface area (Å²) in [6, 6.07) is 0.0217. The van der Waals surface area contributed by atoms with Crippen molar-refractivity contribution in [2.75, 3.05) is 0 Å². The van der Waals surface area contributed by atoms with E-state index in [4.69, 9.17) is 0 Å². The molecule has 2 N–H and O–H groups in total. The minimum atomic E-state index is -0.315. The number of carbonyl (C=O) groups is 1. The Morgan fingerprint density at radius 2 is 1.50 bits per heavy atom. The summed E-state index contributed by atoms with van der Waals surface area (Å²) >= 11 is 0. The van der Waals surface area contributed by atoms with E-state index in [0.29, 0.717) is 11.8 Å². The Hall–Kier alpha value is -0.570. The molecule has 0 unspecified atom stereocenters. The number of rotatable bonds is 2. The topological polar surface area (TPSA) is 49.3 Å². The normalized spacial score (nSPS) is 50.1. The van der Waals surface area contributed by atoms with Gasteiger partial charge in [-0.05, 0) is 68.6 Å². The van der Waals surface area contributed by atoms with Gasteiger partial charge in [0.05, 0.1) is 12.1 Å². The summed E-state index contributed by atoms with van der Waals surface area (Å²) < 4.78 is 0. The highest BCUT2D eigenvalue weighted by atomic mass is 16.3. The lowest BCUT2D eigenvalue weighted by Crippen LogP contribution is -2.54. The molecule has 2 atom stereocenters. The quantitative estimate of drug-likeness (QED) is 0.814. The van der Waals surface area contributed by atoms with Crippen molar-refractivity contribution in [1.82, 2.24) is 5.32 Å². The van der Waals surface area contributed by atoms with Gasteiger partial charge in [0, 0.05) is 5.92 Å². The first kappa shape index (κ1) is 13.1. The first-order valence-electron chi connectivity index (χ1n) is 8.69. The van der Waals surface area contributed by atoms with E-state index in [1.807, 2.05) is 0 Å². The number of aliphatic hydroxyl groups is 1. The average Bonchev–Trinajstić information content (AvgIpc) is 2.40. The summed E-state index contributed by atoms with van der Waals surface area (Å²) in [6.07, 6.45) is 10.3. The fraction of sp³-hybridized carbons (Fsp3) is 0.941. The summed E-state index contributed by atoms with van der Waals surface area (Å²) in [5.74, 6) is 3.66. The molecule has 0 aromatic rings. The lowest BCUT2D eigenvalue weighted by Gasteiger charge is -2.53. The number of hydrogen-bond donors (Lipinski definition) is 2. The van der Waals surface area contributed by atoms with E-state index in [0.717, 1.165) is 37.5 Å². The molecule has 0 aromatic carbocycles. The molecule has 5 rings (SSSR count). The second-order valence-electron chi connectivity index (χ2n) is 7.92. The number of amides is 1. The number of nitrogens with one attached hydrogen (secondary N) is 1. The molecular formula is C17H27NO2. The van der Waals surface area contributed by atoms with Crippen LogP contribution in [0.25, 0.3) is 0 Å². The van der Waals surface area contributed by atoms with Gasteiger partial charge in [0.1, 0.15) is 0 Å². The molecule has 0 aromatic heterocycles. The molecule has 5 saturated carbocycles. The van der Waals surface area contributed by atoms with Crippen molar-refractivity contribution in [3.63, 3.8) is 0 Å². The maximum absolute atomic E-state index is 12.7. The predicted molar refractivity (Wildman–Crippen MR) is 76.9 cm³/mol. The van der Waals surface area contributed by atoms with Crippen molar-refractivity contribution in [3.05, 3.63) is 0 Å². The van der Waals surface area contributed by atoms with E-state index >= 15 is 0 Å². The molecule has 5 fully saturated rings. The summed E-state index contributed by atoms with van der Waals surface area (Å²) in [7, 11) is 0. The summed E-state index contributed by atoms with van der Waals surface area (Å²) in [6.45, 7) is 0. The Labute approximate surface area is 121 Å². The first-order valence-corrected chi connectivity index (χ1v) is 8.69. The maximum Gasteiger partial charge on any atom is 0.223 e. The first-order chi connectivity index (χ1) is 9.70. The molecule has 5 aliphatic rings. The lowest BCUT2D eigenvalue weighted by atomic mass is 9.51. The summed E-state index contributed by atoms with van der Waals surface area (Å²) in [5, 5.41) is 13.3.